The summed E-state index contributed by atoms with van der Waals surface area (Å²) in [6, 6.07) is 12.6. The first-order valence-electron chi connectivity index (χ1n) is 8.41. The van der Waals surface area contributed by atoms with E-state index in [4.69, 9.17) is 9.47 Å². The number of rotatable bonds is 5. The van der Waals surface area contributed by atoms with Crippen molar-refractivity contribution in [3.63, 3.8) is 0 Å². The number of thiazole rings is 1. The number of ether oxygens (including phenoxy) is 2. The average molecular weight is 383 g/mol. The molecule has 4 aromatic rings. The second-order valence-electron chi connectivity index (χ2n) is 6.29. The molecule has 132 valence electrons. The van der Waals surface area contributed by atoms with Crippen LogP contribution in [-0.2, 0) is 11.3 Å². The second kappa shape index (κ2) is 6.57. The normalized spacial score (nSPS) is 14.8. The van der Waals surface area contributed by atoms with E-state index in [-0.39, 0.29) is 6.10 Å². The minimum Gasteiger partial charge on any atom is -0.486 e. The summed E-state index contributed by atoms with van der Waals surface area (Å²) in [5.74, 6) is 0.853. The van der Waals surface area contributed by atoms with Crippen LogP contribution < -0.4 is 4.74 Å². The van der Waals surface area contributed by atoms with Gasteiger partial charge in [-0.15, -0.1) is 11.3 Å². The number of imidazole rings is 1. The maximum atomic E-state index is 5.87. The van der Waals surface area contributed by atoms with Gasteiger partial charge in [-0.25, -0.2) is 9.97 Å². The Balaban J connectivity index is 1.41. The zero-order valence-corrected chi connectivity index (χ0v) is 15.8. The molecule has 0 bridgehead atoms. The summed E-state index contributed by atoms with van der Waals surface area (Å²) in [5, 5.41) is 0. The van der Waals surface area contributed by atoms with Gasteiger partial charge in [-0.3, -0.25) is 0 Å². The van der Waals surface area contributed by atoms with Gasteiger partial charge in [-0.2, -0.15) is 0 Å². The van der Waals surface area contributed by atoms with Crippen LogP contribution in [0.15, 0.2) is 47.1 Å². The van der Waals surface area contributed by atoms with E-state index in [0.717, 1.165) is 33.2 Å². The summed E-state index contributed by atoms with van der Waals surface area (Å²) in [5.41, 5.74) is 4.38. The third-order valence-electron chi connectivity index (χ3n) is 4.46. The van der Waals surface area contributed by atoms with Crippen molar-refractivity contribution in [2.75, 3.05) is 19.5 Å². The lowest BCUT2D eigenvalue weighted by molar-refractivity contribution is -0.0796. The summed E-state index contributed by atoms with van der Waals surface area (Å²) >= 11 is 3.43. The molecule has 1 aliphatic heterocycles. The number of nitrogens with zero attached hydrogens (tertiary/aromatic N) is 3. The van der Waals surface area contributed by atoms with E-state index in [1.807, 2.05) is 18.5 Å². The summed E-state index contributed by atoms with van der Waals surface area (Å²) in [6.07, 6.45) is 4.13. The topological polar surface area (TPSA) is 49.2 Å². The van der Waals surface area contributed by atoms with Gasteiger partial charge in [0.2, 0.25) is 0 Å². The van der Waals surface area contributed by atoms with Crippen molar-refractivity contribution < 1.29 is 9.47 Å². The number of thioether (sulfide) groups is 1. The van der Waals surface area contributed by atoms with E-state index in [1.54, 1.807) is 23.1 Å². The molecule has 5 rings (SSSR count). The fourth-order valence-corrected chi connectivity index (χ4v) is 4.60. The highest BCUT2D eigenvalue weighted by Crippen LogP contribution is 2.29. The number of hydrogen-bond donors (Lipinski definition) is 0. The number of hydrogen-bond acceptors (Lipinski definition) is 6. The fraction of sp³-hybridized carbons (Fsp3) is 0.263. The van der Waals surface area contributed by atoms with Gasteiger partial charge >= 0.3 is 0 Å². The Morgan fingerprint density at radius 2 is 2.15 bits per heavy atom. The molecule has 2 aromatic heterocycles. The van der Waals surface area contributed by atoms with Crippen molar-refractivity contribution in [1.29, 1.82) is 0 Å². The smallest absolute Gasteiger partial charge is 0.150 e. The van der Waals surface area contributed by atoms with Gasteiger partial charge in [0.05, 0.1) is 40.8 Å². The van der Waals surface area contributed by atoms with E-state index < -0.39 is 0 Å². The molecule has 1 aliphatic rings. The number of benzene rings is 2. The largest absolute Gasteiger partial charge is 0.486 e. The monoisotopic (exact) mass is 383 g/mol. The Morgan fingerprint density at radius 1 is 1.23 bits per heavy atom. The molecule has 1 fully saturated rings. The zero-order chi connectivity index (χ0) is 17.5. The molecule has 3 heterocycles. The molecule has 5 nitrogen and oxygen atoms in total. The SMILES string of the molecule is CSc1nc2ccc(Cn3cnc4cc(OC5COC5)ccc43)cc2s1. The van der Waals surface area contributed by atoms with E-state index in [9.17, 15) is 0 Å². The predicted molar refractivity (Wildman–Crippen MR) is 105 cm³/mol. The van der Waals surface area contributed by atoms with Gasteiger partial charge in [0.25, 0.3) is 0 Å². The van der Waals surface area contributed by atoms with Crippen LogP contribution in [0.3, 0.4) is 0 Å². The molecule has 0 amide bonds. The summed E-state index contributed by atoms with van der Waals surface area (Å²) in [6.45, 7) is 2.13. The van der Waals surface area contributed by atoms with Gasteiger partial charge in [-0.1, -0.05) is 17.8 Å². The molecule has 0 unspecified atom stereocenters. The molecule has 26 heavy (non-hydrogen) atoms. The van der Waals surface area contributed by atoms with Crippen LogP contribution in [-0.4, -0.2) is 40.1 Å². The summed E-state index contributed by atoms with van der Waals surface area (Å²) < 4.78 is 15.5. The van der Waals surface area contributed by atoms with Crippen molar-refractivity contribution in [1.82, 2.24) is 14.5 Å². The Labute approximate surface area is 159 Å². The van der Waals surface area contributed by atoms with Gasteiger partial charge in [-0.05, 0) is 36.1 Å². The lowest BCUT2D eigenvalue weighted by Gasteiger charge is -2.26. The van der Waals surface area contributed by atoms with Crippen molar-refractivity contribution >= 4 is 44.3 Å². The van der Waals surface area contributed by atoms with E-state index in [1.165, 1.54) is 10.3 Å². The Kier molecular flexibility index (Phi) is 4.07. The zero-order valence-electron chi connectivity index (χ0n) is 14.2. The van der Waals surface area contributed by atoms with Gasteiger partial charge in [0.15, 0.2) is 4.34 Å². The maximum absolute atomic E-state index is 5.87. The van der Waals surface area contributed by atoms with Crippen LogP contribution in [0.1, 0.15) is 5.56 Å². The molecule has 0 N–H and O–H groups in total. The van der Waals surface area contributed by atoms with Gasteiger partial charge in [0, 0.05) is 12.6 Å². The fourth-order valence-electron chi connectivity index (χ4n) is 3.05. The van der Waals surface area contributed by atoms with Crippen LogP contribution in [0.2, 0.25) is 0 Å². The predicted octanol–water partition coefficient (Wildman–Crippen LogP) is 4.19. The minimum absolute atomic E-state index is 0.173. The Bertz CT molecular complexity index is 1080. The van der Waals surface area contributed by atoms with E-state index in [2.05, 4.69) is 45.1 Å². The molecule has 7 heteroatoms. The first kappa shape index (κ1) is 16.1. The summed E-state index contributed by atoms with van der Waals surface area (Å²) in [4.78, 5) is 9.15. The number of aromatic nitrogens is 3. The molecular weight excluding hydrogens is 366 g/mol. The Morgan fingerprint density at radius 3 is 2.96 bits per heavy atom. The lowest BCUT2D eigenvalue weighted by atomic mass is 10.2. The van der Waals surface area contributed by atoms with Crippen LogP contribution >= 0.6 is 23.1 Å². The summed E-state index contributed by atoms with van der Waals surface area (Å²) in [7, 11) is 0. The maximum Gasteiger partial charge on any atom is 0.150 e. The quantitative estimate of drug-likeness (QED) is 0.484. The van der Waals surface area contributed by atoms with Crippen molar-refractivity contribution in [2.24, 2.45) is 0 Å². The highest BCUT2D eigenvalue weighted by atomic mass is 32.2. The molecule has 0 saturated carbocycles. The molecule has 1 saturated heterocycles. The van der Waals surface area contributed by atoms with Gasteiger partial charge in [0.1, 0.15) is 11.9 Å². The van der Waals surface area contributed by atoms with Crippen LogP contribution in [0.25, 0.3) is 21.3 Å². The van der Waals surface area contributed by atoms with Crippen molar-refractivity contribution in [2.45, 2.75) is 17.0 Å². The molecule has 0 radical (unpaired) electrons. The van der Waals surface area contributed by atoms with Crippen LogP contribution in [0.4, 0.5) is 0 Å². The standard InChI is InChI=1S/C19H17N3O2S2/c1-25-19-21-15-4-2-12(6-18(15)26-19)8-22-11-20-16-7-13(3-5-17(16)22)24-14-9-23-10-14/h2-7,11,14H,8-10H2,1H3. The molecule has 2 aromatic carbocycles. The highest BCUT2D eigenvalue weighted by Gasteiger charge is 2.20. The van der Waals surface area contributed by atoms with Crippen molar-refractivity contribution in [3.05, 3.63) is 48.3 Å². The average Bonchev–Trinajstić information content (AvgIpc) is 3.21. The molecule has 0 aliphatic carbocycles. The third kappa shape index (κ3) is 2.96. The molecular formula is C19H17N3O2S2. The van der Waals surface area contributed by atoms with E-state index >= 15 is 0 Å². The van der Waals surface area contributed by atoms with Crippen LogP contribution in [0, 0.1) is 0 Å². The minimum atomic E-state index is 0.173. The first-order valence-corrected chi connectivity index (χ1v) is 10.5. The van der Waals surface area contributed by atoms with Gasteiger partial charge < -0.3 is 14.0 Å². The lowest BCUT2D eigenvalue weighted by Crippen LogP contribution is -2.38. The molecule has 0 spiro atoms. The van der Waals surface area contributed by atoms with Crippen molar-refractivity contribution in [3.8, 4) is 5.75 Å². The second-order valence-corrected chi connectivity index (χ2v) is 8.37. The highest BCUT2D eigenvalue weighted by molar-refractivity contribution is 8.00. The number of fused-ring (bicyclic) bond motifs is 2. The molecule has 0 atom stereocenters. The Hall–Kier alpha value is -2.09. The van der Waals surface area contributed by atoms with Crippen LogP contribution in [0.5, 0.6) is 5.75 Å². The third-order valence-corrected chi connectivity index (χ3v) is 6.47. The van der Waals surface area contributed by atoms with E-state index in [0.29, 0.717) is 13.2 Å². The first-order chi connectivity index (χ1) is 12.8.